The molecule has 1 fully saturated rings. The van der Waals surface area contributed by atoms with Crippen LogP contribution in [0.1, 0.15) is 35.2 Å². The van der Waals surface area contributed by atoms with E-state index in [2.05, 4.69) is 0 Å². The molecular formula is C28H23Cl2NO6. The Hall–Kier alpha value is -3.81. The van der Waals surface area contributed by atoms with Crippen LogP contribution in [0.15, 0.2) is 60.2 Å². The van der Waals surface area contributed by atoms with Crippen LogP contribution in [0.4, 0.5) is 5.69 Å². The molecule has 1 amide bonds. The Balaban J connectivity index is 2.03. The maximum atomic E-state index is 13.5. The van der Waals surface area contributed by atoms with Crippen molar-refractivity contribution in [1.29, 1.82) is 0 Å². The molecule has 190 valence electrons. The molecule has 0 aromatic heterocycles. The number of Topliss-reactive ketones (excluding diaryl/α,β-unsaturated/α-hetero) is 1. The van der Waals surface area contributed by atoms with Crippen molar-refractivity contribution in [3.63, 3.8) is 0 Å². The van der Waals surface area contributed by atoms with Gasteiger partial charge in [0.2, 0.25) is 0 Å². The number of halogens is 2. The van der Waals surface area contributed by atoms with E-state index in [1.54, 1.807) is 36.4 Å². The van der Waals surface area contributed by atoms with Crippen LogP contribution in [-0.4, -0.2) is 29.9 Å². The normalized spacial score (nSPS) is 16.7. The van der Waals surface area contributed by atoms with Crippen LogP contribution in [0.2, 0.25) is 10.0 Å². The number of carbonyl (C=O) groups is 3. The summed E-state index contributed by atoms with van der Waals surface area (Å²) in [4.78, 5) is 39.9. The van der Waals surface area contributed by atoms with Gasteiger partial charge in [0, 0.05) is 17.6 Å². The van der Waals surface area contributed by atoms with Crippen molar-refractivity contribution in [3.8, 4) is 11.5 Å². The molecule has 1 aliphatic heterocycles. The zero-order chi connectivity index (χ0) is 27.0. The molecular weight excluding hydrogens is 517 g/mol. The molecule has 0 aliphatic carbocycles. The summed E-state index contributed by atoms with van der Waals surface area (Å²) >= 11 is 12.5. The van der Waals surface area contributed by atoms with E-state index < -0.39 is 29.5 Å². The lowest BCUT2D eigenvalue weighted by Crippen LogP contribution is -2.29. The van der Waals surface area contributed by atoms with E-state index in [0.717, 1.165) is 11.1 Å². The molecule has 1 atom stereocenters. The van der Waals surface area contributed by atoms with E-state index in [9.17, 15) is 19.5 Å². The maximum Gasteiger partial charge on any atom is 0.308 e. The molecule has 4 rings (SSSR count). The highest BCUT2D eigenvalue weighted by Gasteiger charge is 2.47. The fraction of sp³-hybridized carbons (Fsp3) is 0.179. The molecule has 3 aromatic rings. The first kappa shape index (κ1) is 26.3. The third kappa shape index (κ3) is 5.05. The van der Waals surface area contributed by atoms with Gasteiger partial charge < -0.3 is 14.6 Å². The minimum Gasteiger partial charge on any atom is -0.507 e. The fourth-order valence-electron chi connectivity index (χ4n) is 4.51. The van der Waals surface area contributed by atoms with E-state index in [4.69, 9.17) is 32.7 Å². The molecule has 0 saturated carbocycles. The van der Waals surface area contributed by atoms with Gasteiger partial charge in [-0.25, -0.2) is 0 Å². The predicted octanol–water partition coefficient (Wildman–Crippen LogP) is 6.17. The first-order chi connectivity index (χ1) is 17.5. The van der Waals surface area contributed by atoms with Crippen molar-refractivity contribution in [2.24, 2.45) is 0 Å². The second kappa shape index (κ2) is 10.3. The number of anilines is 1. The number of aliphatic hydroxyl groups is 1. The molecule has 7 nitrogen and oxygen atoms in total. The second-order valence-electron chi connectivity index (χ2n) is 8.65. The van der Waals surface area contributed by atoms with Crippen molar-refractivity contribution >= 4 is 52.3 Å². The Morgan fingerprint density at radius 3 is 2.30 bits per heavy atom. The van der Waals surface area contributed by atoms with E-state index in [1.165, 1.54) is 31.1 Å². The maximum absolute atomic E-state index is 13.5. The standard InChI is InChI=1S/C28H23Cl2NO6/c1-14-8-15(2)10-19(9-14)31-24(17-6-5-7-20(11-17)37-16(3)32)23(26(34)28(31)35)25(33)21-12-18(29)13-22(30)27(21)36-4/h5-13,24,33H,1-4H3/b25-23+. The van der Waals surface area contributed by atoms with E-state index in [1.807, 2.05) is 19.9 Å². The zero-order valence-electron chi connectivity index (χ0n) is 20.5. The molecule has 1 saturated heterocycles. The summed E-state index contributed by atoms with van der Waals surface area (Å²) in [5, 5.41) is 11.8. The summed E-state index contributed by atoms with van der Waals surface area (Å²) in [6.45, 7) is 5.02. The fourth-order valence-corrected chi connectivity index (χ4v) is 5.08. The number of rotatable bonds is 5. The molecule has 0 bridgehead atoms. The number of carbonyl (C=O) groups excluding carboxylic acids is 3. The lowest BCUT2D eigenvalue weighted by Gasteiger charge is -2.26. The average Bonchev–Trinajstić information content (AvgIpc) is 3.08. The van der Waals surface area contributed by atoms with Gasteiger partial charge in [0.05, 0.1) is 29.3 Å². The largest absolute Gasteiger partial charge is 0.507 e. The van der Waals surface area contributed by atoms with Crippen LogP contribution >= 0.6 is 23.2 Å². The lowest BCUT2D eigenvalue weighted by atomic mass is 9.94. The molecule has 0 radical (unpaired) electrons. The first-order valence-corrected chi connectivity index (χ1v) is 12.0. The number of nitrogens with zero attached hydrogens (tertiary/aromatic N) is 1. The van der Waals surface area contributed by atoms with Gasteiger partial charge in [-0.3, -0.25) is 19.3 Å². The molecule has 0 spiro atoms. The van der Waals surface area contributed by atoms with E-state index in [0.29, 0.717) is 11.3 Å². The van der Waals surface area contributed by atoms with Crippen LogP contribution in [0.25, 0.3) is 5.76 Å². The Labute approximate surface area is 223 Å². The summed E-state index contributed by atoms with van der Waals surface area (Å²) in [6.07, 6.45) is 0. The second-order valence-corrected chi connectivity index (χ2v) is 9.49. The van der Waals surface area contributed by atoms with Crippen molar-refractivity contribution in [3.05, 3.63) is 92.5 Å². The molecule has 1 aliphatic rings. The van der Waals surface area contributed by atoms with Gasteiger partial charge in [-0.15, -0.1) is 0 Å². The molecule has 1 unspecified atom stereocenters. The predicted molar refractivity (Wildman–Crippen MR) is 141 cm³/mol. The van der Waals surface area contributed by atoms with Gasteiger partial charge in [-0.05, 0) is 66.9 Å². The van der Waals surface area contributed by atoms with Crippen LogP contribution in [-0.2, 0) is 14.4 Å². The minimum absolute atomic E-state index is 0.0552. The number of hydrogen-bond acceptors (Lipinski definition) is 6. The topological polar surface area (TPSA) is 93.1 Å². The summed E-state index contributed by atoms with van der Waals surface area (Å²) in [7, 11) is 1.36. The number of benzene rings is 3. The highest BCUT2D eigenvalue weighted by Crippen LogP contribution is 2.45. The number of aryl methyl sites for hydroxylation is 2. The number of ketones is 1. The van der Waals surface area contributed by atoms with Crippen LogP contribution < -0.4 is 14.4 Å². The Kier molecular flexibility index (Phi) is 7.30. The summed E-state index contributed by atoms with van der Waals surface area (Å²) in [5.74, 6) is -2.46. The van der Waals surface area contributed by atoms with Crippen molar-refractivity contribution < 1.29 is 29.0 Å². The lowest BCUT2D eigenvalue weighted by molar-refractivity contribution is -0.132. The monoisotopic (exact) mass is 539 g/mol. The molecule has 1 heterocycles. The smallest absolute Gasteiger partial charge is 0.308 e. The van der Waals surface area contributed by atoms with Crippen molar-refractivity contribution in [2.75, 3.05) is 12.0 Å². The Bertz CT molecular complexity index is 1460. The molecule has 37 heavy (non-hydrogen) atoms. The zero-order valence-corrected chi connectivity index (χ0v) is 22.0. The molecule has 1 N–H and O–H groups in total. The number of ether oxygens (including phenoxy) is 2. The number of hydrogen-bond donors (Lipinski definition) is 1. The SMILES string of the molecule is COc1c(Cl)cc(Cl)cc1/C(O)=C1\C(=O)C(=O)N(c2cc(C)cc(C)c2)C1c1cccc(OC(C)=O)c1. The van der Waals surface area contributed by atoms with Gasteiger partial charge >= 0.3 is 5.97 Å². The number of esters is 1. The van der Waals surface area contributed by atoms with Crippen molar-refractivity contribution in [2.45, 2.75) is 26.8 Å². The van der Waals surface area contributed by atoms with Crippen molar-refractivity contribution in [1.82, 2.24) is 0 Å². The van der Waals surface area contributed by atoms with E-state index in [-0.39, 0.29) is 32.7 Å². The minimum atomic E-state index is -1.06. The quantitative estimate of drug-likeness (QED) is 0.137. The highest BCUT2D eigenvalue weighted by atomic mass is 35.5. The van der Waals surface area contributed by atoms with Crippen LogP contribution in [0.3, 0.4) is 0 Å². The Morgan fingerprint density at radius 1 is 1.00 bits per heavy atom. The summed E-state index contributed by atoms with van der Waals surface area (Å²) in [6, 6.07) is 13.7. The Morgan fingerprint density at radius 2 is 1.68 bits per heavy atom. The van der Waals surface area contributed by atoms with Gasteiger partial charge in [-0.2, -0.15) is 0 Å². The average molecular weight is 540 g/mol. The number of methoxy groups -OCH3 is 1. The van der Waals surface area contributed by atoms with Gasteiger partial charge in [0.15, 0.2) is 0 Å². The first-order valence-electron chi connectivity index (χ1n) is 11.2. The van der Waals surface area contributed by atoms with Crippen LogP contribution in [0, 0.1) is 13.8 Å². The van der Waals surface area contributed by atoms with Crippen LogP contribution in [0.5, 0.6) is 11.5 Å². The third-order valence-corrected chi connectivity index (χ3v) is 6.33. The molecule has 9 heteroatoms. The van der Waals surface area contributed by atoms with E-state index >= 15 is 0 Å². The number of amides is 1. The highest BCUT2D eigenvalue weighted by molar-refractivity contribution is 6.52. The number of aliphatic hydroxyl groups excluding tert-OH is 1. The summed E-state index contributed by atoms with van der Waals surface area (Å²) in [5.41, 5.74) is 2.53. The van der Waals surface area contributed by atoms with Gasteiger partial charge in [0.25, 0.3) is 11.7 Å². The molecule has 3 aromatic carbocycles. The van der Waals surface area contributed by atoms with Gasteiger partial charge in [0.1, 0.15) is 17.3 Å². The third-order valence-electron chi connectivity index (χ3n) is 5.83. The summed E-state index contributed by atoms with van der Waals surface area (Å²) < 4.78 is 10.6. The van der Waals surface area contributed by atoms with Gasteiger partial charge in [-0.1, -0.05) is 41.4 Å².